The number of pyridine rings is 1. The molecule has 0 aliphatic carbocycles. The second kappa shape index (κ2) is 6.36. The van der Waals surface area contributed by atoms with Crippen molar-refractivity contribution in [2.45, 2.75) is 52.6 Å². The summed E-state index contributed by atoms with van der Waals surface area (Å²) < 4.78 is 1.91. The van der Waals surface area contributed by atoms with Crippen LogP contribution in [0.2, 0.25) is 0 Å². The van der Waals surface area contributed by atoms with E-state index in [0.29, 0.717) is 5.82 Å². The number of aryl methyl sites for hydroxylation is 4. The smallest absolute Gasteiger partial charge is 0.320 e. The van der Waals surface area contributed by atoms with E-state index < -0.39 is 0 Å². The molecule has 0 saturated carbocycles. The van der Waals surface area contributed by atoms with Gasteiger partial charge in [-0.2, -0.15) is 5.10 Å². The molecule has 0 spiro atoms. The number of carbonyl (C=O) groups is 1. The number of fused-ring (bicyclic) bond motifs is 1. The van der Waals surface area contributed by atoms with Crippen molar-refractivity contribution in [2.24, 2.45) is 0 Å². The third kappa shape index (κ3) is 3.49. The number of nitrogens with one attached hydrogen (secondary N) is 2. The lowest BCUT2D eigenvalue weighted by Crippen LogP contribution is -2.36. The van der Waals surface area contributed by atoms with E-state index in [1.165, 1.54) is 0 Å². The van der Waals surface area contributed by atoms with Gasteiger partial charge in [0.05, 0.1) is 6.04 Å². The number of nitrogens with zero attached hydrogens (tertiary/aromatic N) is 4. The lowest BCUT2D eigenvalue weighted by molar-refractivity contribution is 0.244. The van der Waals surface area contributed by atoms with E-state index in [2.05, 4.69) is 25.7 Å². The monoisotopic (exact) mass is 314 g/mol. The maximum Gasteiger partial charge on any atom is 0.320 e. The third-order valence-corrected chi connectivity index (χ3v) is 3.88. The maximum atomic E-state index is 12.3. The first-order valence-corrected chi connectivity index (χ1v) is 8.01. The number of anilines is 1. The molecule has 0 bridgehead atoms. The molecular weight excluding hydrogens is 292 g/mol. The van der Waals surface area contributed by atoms with E-state index in [9.17, 15) is 4.79 Å². The first kappa shape index (κ1) is 15.5. The summed E-state index contributed by atoms with van der Waals surface area (Å²) in [5, 5.41) is 10.2. The lowest BCUT2D eigenvalue weighted by Gasteiger charge is -2.23. The predicted molar refractivity (Wildman–Crippen MR) is 87.2 cm³/mol. The second-order valence-corrected chi connectivity index (χ2v) is 5.93. The highest BCUT2D eigenvalue weighted by Crippen LogP contribution is 2.23. The minimum atomic E-state index is -0.262. The van der Waals surface area contributed by atoms with Gasteiger partial charge in [0.2, 0.25) is 0 Å². The second-order valence-electron chi connectivity index (χ2n) is 5.93. The Labute approximate surface area is 135 Å². The average Bonchev–Trinajstić information content (AvgIpc) is 2.90. The van der Waals surface area contributed by atoms with Crippen LogP contribution in [0.4, 0.5) is 10.6 Å². The minimum absolute atomic E-state index is 0.109. The molecule has 1 unspecified atom stereocenters. The molecule has 1 aliphatic heterocycles. The van der Waals surface area contributed by atoms with Crippen molar-refractivity contribution < 1.29 is 4.79 Å². The molecule has 1 atom stereocenters. The van der Waals surface area contributed by atoms with Crippen LogP contribution in [-0.2, 0) is 13.0 Å². The van der Waals surface area contributed by atoms with E-state index in [4.69, 9.17) is 0 Å². The van der Waals surface area contributed by atoms with Crippen LogP contribution in [0, 0.1) is 13.8 Å². The molecule has 1 aliphatic rings. The van der Waals surface area contributed by atoms with Gasteiger partial charge in [-0.3, -0.25) is 5.32 Å². The lowest BCUT2D eigenvalue weighted by atomic mass is 10.1. The summed E-state index contributed by atoms with van der Waals surface area (Å²) >= 11 is 0. The SMILES string of the molecule is CCc1nc2n(n1)CCCC2NC(=O)Nc1cc(C)cc(C)n1. The molecule has 23 heavy (non-hydrogen) atoms. The van der Waals surface area contributed by atoms with E-state index in [-0.39, 0.29) is 12.1 Å². The Morgan fingerprint density at radius 1 is 1.35 bits per heavy atom. The van der Waals surface area contributed by atoms with Crippen molar-refractivity contribution in [3.8, 4) is 0 Å². The van der Waals surface area contributed by atoms with Gasteiger partial charge in [-0.25, -0.2) is 19.4 Å². The molecule has 0 fully saturated rings. The number of rotatable bonds is 3. The van der Waals surface area contributed by atoms with Gasteiger partial charge in [-0.1, -0.05) is 6.92 Å². The van der Waals surface area contributed by atoms with Crippen LogP contribution >= 0.6 is 0 Å². The molecule has 7 nitrogen and oxygen atoms in total. The van der Waals surface area contributed by atoms with Gasteiger partial charge >= 0.3 is 6.03 Å². The van der Waals surface area contributed by atoms with E-state index in [1.807, 2.05) is 37.6 Å². The van der Waals surface area contributed by atoms with Gasteiger partial charge in [0.15, 0.2) is 5.82 Å². The Bertz CT molecular complexity index is 703. The van der Waals surface area contributed by atoms with Crippen LogP contribution in [-0.4, -0.2) is 25.8 Å². The topological polar surface area (TPSA) is 84.7 Å². The zero-order valence-corrected chi connectivity index (χ0v) is 13.8. The molecule has 0 saturated heterocycles. The third-order valence-electron chi connectivity index (χ3n) is 3.88. The van der Waals surface area contributed by atoms with E-state index in [1.54, 1.807) is 0 Å². The normalized spacial score (nSPS) is 16.7. The quantitative estimate of drug-likeness (QED) is 0.911. The first-order chi connectivity index (χ1) is 11.0. The average molecular weight is 314 g/mol. The maximum absolute atomic E-state index is 12.3. The highest BCUT2D eigenvalue weighted by Gasteiger charge is 2.25. The Balaban J connectivity index is 1.70. The van der Waals surface area contributed by atoms with Crippen LogP contribution < -0.4 is 10.6 Å². The Kier molecular flexibility index (Phi) is 4.27. The Hall–Kier alpha value is -2.44. The molecule has 2 aromatic heterocycles. The number of urea groups is 1. The summed E-state index contributed by atoms with van der Waals surface area (Å²) in [5.74, 6) is 2.23. The van der Waals surface area contributed by atoms with Gasteiger partial charge in [0, 0.05) is 18.7 Å². The van der Waals surface area contributed by atoms with Gasteiger partial charge in [0.25, 0.3) is 0 Å². The minimum Gasteiger partial charge on any atom is -0.328 e. The molecule has 0 aromatic carbocycles. The predicted octanol–water partition coefficient (Wildman–Crippen LogP) is 2.51. The first-order valence-electron chi connectivity index (χ1n) is 8.01. The molecule has 2 aromatic rings. The number of hydrogen-bond donors (Lipinski definition) is 2. The fraction of sp³-hybridized carbons (Fsp3) is 0.500. The van der Waals surface area contributed by atoms with Gasteiger partial charge in [0.1, 0.15) is 11.6 Å². The fourth-order valence-corrected chi connectivity index (χ4v) is 2.90. The molecule has 3 heterocycles. The van der Waals surface area contributed by atoms with Crippen LogP contribution in [0.1, 0.15) is 48.7 Å². The van der Waals surface area contributed by atoms with Gasteiger partial charge in [-0.15, -0.1) is 0 Å². The summed E-state index contributed by atoms with van der Waals surface area (Å²) in [4.78, 5) is 21.1. The molecule has 2 amide bonds. The van der Waals surface area contributed by atoms with Crippen molar-refractivity contribution in [3.05, 3.63) is 35.0 Å². The van der Waals surface area contributed by atoms with Crippen molar-refractivity contribution in [2.75, 3.05) is 5.32 Å². The largest absolute Gasteiger partial charge is 0.328 e. The van der Waals surface area contributed by atoms with Crippen molar-refractivity contribution in [3.63, 3.8) is 0 Å². The van der Waals surface area contributed by atoms with E-state index in [0.717, 1.165) is 48.7 Å². The summed E-state index contributed by atoms with van der Waals surface area (Å²) in [7, 11) is 0. The summed E-state index contributed by atoms with van der Waals surface area (Å²) in [5.41, 5.74) is 1.95. The fourth-order valence-electron chi connectivity index (χ4n) is 2.90. The van der Waals surface area contributed by atoms with Crippen LogP contribution in [0.5, 0.6) is 0 Å². The van der Waals surface area contributed by atoms with Gasteiger partial charge < -0.3 is 5.32 Å². The van der Waals surface area contributed by atoms with E-state index >= 15 is 0 Å². The number of amides is 2. The standard InChI is InChI=1S/C16H22N6O/c1-4-13-19-15-12(6-5-7-22(15)21-13)18-16(23)20-14-9-10(2)8-11(3)17-14/h8-9,12H,4-7H2,1-3H3,(H2,17,18,20,23). The van der Waals surface area contributed by atoms with Crippen LogP contribution in [0.25, 0.3) is 0 Å². The Morgan fingerprint density at radius 3 is 2.91 bits per heavy atom. The zero-order valence-electron chi connectivity index (χ0n) is 13.8. The van der Waals surface area contributed by atoms with Crippen molar-refractivity contribution >= 4 is 11.8 Å². The van der Waals surface area contributed by atoms with Crippen LogP contribution in [0.3, 0.4) is 0 Å². The summed E-state index contributed by atoms with van der Waals surface area (Å²) in [6.45, 7) is 6.78. The number of hydrogen-bond acceptors (Lipinski definition) is 4. The number of carbonyl (C=O) groups excluding carboxylic acids is 1. The van der Waals surface area contributed by atoms with Gasteiger partial charge in [-0.05, 0) is 44.4 Å². The molecule has 3 rings (SSSR count). The highest BCUT2D eigenvalue weighted by molar-refractivity contribution is 5.88. The molecule has 7 heteroatoms. The molecule has 2 N–H and O–H groups in total. The van der Waals surface area contributed by atoms with Crippen LogP contribution in [0.15, 0.2) is 12.1 Å². The molecular formula is C16H22N6O. The molecule has 0 radical (unpaired) electrons. The summed E-state index contributed by atoms with van der Waals surface area (Å²) in [6.07, 6.45) is 2.65. The zero-order chi connectivity index (χ0) is 16.4. The van der Waals surface area contributed by atoms with Crippen molar-refractivity contribution in [1.29, 1.82) is 0 Å². The number of aromatic nitrogens is 4. The highest BCUT2D eigenvalue weighted by atomic mass is 16.2. The summed E-state index contributed by atoms with van der Waals surface area (Å²) in [6, 6.07) is 3.45. The van der Waals surface area contributed by atoms with Crippen molar-refractivity contribution in [1.82, 2.24) is 25.1 Å². The Morgan fingerprint density at radius 2 is 2.17 bits per heavy atom. The molecule has 122 valence electrons.